The highest BCUT2D eigenvalue weighted by Gasteiger charge is 2.45. The molecule has 2 aliphatic rings. The van der Waals surface area contributed by atoms with Crippen LogP contribution in [0.4, 0.5) is 22.0 Å². The van der Waals surface area contributed by atoms with Gasteiger partial charge in [0.05, 0.1) is 18.1 Å². The van der Waals surface area contributed by atoms with E-state index in [0.717, 1.165) is 17.4 Å². The lowest BCUT2D eigenvalue weighted by Crippen LogP contribution is -2.61. The Balaban J connectivity index is 1.78. The van der Waals surface area contributed by atoms with Gasteiger partial charge in [0.15, 0.2) is 29.0 Å². The van der Waals surface area contributed by atoms with Crippen molar-refractivity contribution in [3.8, 4) is 5.75 Å². The predicted molar refractivity (Wildman–Crippen MR) is 144 cm³/mol. The first-order valence-corrected chi connectivity index (χ1v) is 14.1. The van der Waals surface area contributed by atoms with Gasteiger partial charge in [-0.1, -0.05) is 13.3 Å². The molecule has 1 unspecified atom stereocenters. The average Bonchev–Trinajstić information content (AvgIpc) is 2.98. The van der Waals surface area contributed by atoms with E-state index in [2.05, 4.69) is 15.6 Å². The van der Waals surface area contributed by atoms with Crippen LogP contribution in [0.2, 0.25) is 0 Å². The number of pyridine rings is 1. The van der Waals surface area contributed by atoms with Crippen molar-refractivity contribution in [2.24, 2.45) is 11.8 Å². The first kappa shape index (κ1) is 33.6. The number of hydrogen-bond donors (Lipinski definition) is 4. The SMILES string of the molecule is C[C@H]1OC(=O)C(C2CCC2)N(C)C(=O)[C@H](C)[C@H](O)[C@H](Cc2c(F)c(F)c(F)c(F)c2F)NC(=O)[C@H]1NC(=O)c1ncccc1O. The molecule has 1 saturated carbocycles. The number of halogens is 5. The summed E-state index contributed by atoms with van der Waals surface area (Å²) in [7, 11) is 1.28. The standard InChI is InChI=1S/C29H31F5N4O7/c1-11-25(40)15(10-14-17(30)19(32)21(34)20(33)18(14)31)36-26(41)22(37-27(42)23-16(39)8-5-9-35-23)12(2)45-29(44)24(13-6-4-7-13)38(3)28(11)43/h5,8-9,11-13,15,22,24-25,39-40H,4,6-7,10H2,1-3H3,(H,36,41)(H,37,42)/t11-,12-,15+,22+,24?,25+/m1/s1. The second-order valence-electron chi connectivity index (χ2n) is 11.2. The van der Waals surface area contributed by atoms with Crippen LogP contribution in [-0.4, -0.2) is 81.2 Å². The van der Waals surface area contributed by atoms with Crippen molar-refractivity contribution < 1.29 is 56.1 Å². The molecule has 1 aliphatic carbocycles. The second-order valence-corrected chi connectivity index (χ2v) is 11.2. The van der Waals surface area contributed by atoms with Crippen molar-refractivity contribution in [2.75, 3.05) is 7.05 Å². The Hall–Kier alpha value is -4.34. The van der Waals surface area contributed by atoms with Gasteiger partial charge in [0, 0.05) is 25.2 Å². The van der Waals surface area contributed by atoms with Crippen LogP contribution in [0.1, 0.15) is 49.2 Å². The fourth-order valence-corrected chi connectivity index (χ4v) is 5.45. The number of carbonyl (C=O) groups excluding carboxylic acids is 4. The van der Waals surface area contributed by atoms with Crippen molar-refractivity contribution in [2.45, 2.75) is 69.9 Å². The molecule has 1 aromatic carbocycles. The van der Waals surface area contributed by atoms with Gasteiger partial charge in [-0.25, -0.2) is 31.7 Å². The first-order chi connectivity index (χ1) is 21.1. The molecule has 1 aliphatic heterocycles. The molecule has 0 bridgehead atoms. The Morgan fingerprint density at radius 1 is 1.07 bits per heavy atom. The molecule has 45 heavy (non-hydrogen) atoms. The van der Waals surface area contributed by atoms with Gasteiger partial charge in [0.25, 0.3) is 5.91 Å². The zero-order chi connectivity index (χ0) is 33.3. The molecule has 2 heterocycles. The summed E-state index contributed by atoms with van der Waals surface area (Å²) in [5, 5.41) is 25.8. The monoisotopic (exact) mass is 642 g/mol. The number of aliphatic hydroxyl groups excluding tert-OH is 1. The Morgan fingerprint density at radius 3 is 2.22 bits per heavy atom. The molecule has 0 spiro atoms. The topological polar surface area (TPSA) is 158 Å². The Morgan fingerprint density at radius 2 is 1.67 bits per heavy atom. The van der Waals surface area contributed by atoms with Gasteiger partial charge in [0.2, 0.25) is 17.6 Å². The fourth-order valence-electron chi connectivity index (χ4n) is 5.45. The molecular formula is C29H31F5N4O7. The summed E-state index contributed by atoms with van der Waals surface area (Å²) in [6.45, 7) is 2.42. The van der Waals surface area contributed by atoms with Gasteiger partial charge >= 0.3 is 5.97 Å². The third-order valence-electron chi connectivity index (χ3n) is 8.31. The van der Waals surface area contributed by atoms with Crippen molar-refractivity contribution in [1.82, 2.24) is 20.5 Å². The lowest BCUT2D eigenvalue weighted by atomic mass is 9.78. The summed E-state index contributed by atoms with van der Waals surface area (Å²) < 4.78 is 76.7. The molecular weight excluding hydrogens is 611 g/mol. The lowest BCUT2D eigenvalue weighted by Gasteiger charge is -2.41. The van der Waals surface area contributed by atoms with Gasteiger partial charge in [-0.15, -0.1) is 0 Å². The van der Waals surface area contributed by atoms with E-state index >= 15 is 0 Å². The Kier molecular flexibility index (Phi) is 9.95. The molecule has 244 valence electrons. The molecule has 4 N–H and O–H groups in total. The number of aromatic nitrogens is 1. The first-order valence-electron chi connectivity index (χ1n) is 14.1. The third kappa shape index (κ3) is 6.55. The number of aliphatic hydroxyl groups is 1. The van der Waals surface area contributed by atoms with Crippen LogP contribution < -0.4 is 10.6 Å². The van der Waals surface area contributed by atoms with Crippen LogP contribution in [0.25, 0.3) is 0 Å². The summed E-state index contributed by atoms with van der Waals surface area (Å²) in [6.07, 6.45) is -1.64. The minimum Gasteiger partial charge on any atom is -0.505 e. The van der Waals surface area contributed by atoms with E-state index in [4.69, 9.17) is 4.74 Å². The number of nitrogens with zero attached hydrogens (tertiary/aromatic N) is 2. The number of aromatic hydroxyl groups is 1. The maximum Gasteiger partial charge on any atom is 0.329 e. The largest absolute Gasteiger partial charge is 0.505 e. The Bertz CT molecular complexity index is 1480. The molecule has 16 heteroatoms. The van der Waals surface area contributed by atoms with Crippen LogP contribution in [-0.2, 0) is 25.5 Å². The molecule has 1 aromatic heterocycles. The van der Waals surface area contributed by atoms with Crippen LogP contribution >= 0.6 is 0 Å². The molecule has 1 saturated heterocycles. The van der Waals surface area contributed by atoms with E-state index in [1.54, 1.807) is 0 Å². The number of likely N-dealkylation sites (N-methyl/N-ethyl adjacent to an activating group) is 1. The summed E-state index contributed by atoms with van der Waals surface area (Å²) in [5.41, 5.74) is -1.89. The molecule has 4 rings (SSSR count). The van der Waals surface area contributed by atoms with Crippen molar-refractivity contribution in [1.29, 1.82) is 0 Å². The number of nitrogens with one attached hydrogen (secondary N) is 2. The minimum absolute atomic E-state index is 0.345. The number of ether oxygens (including phenoxy) is 1. The van der Waals surface area contributed by atoms with Crippen LogP contribution in [0.5, 0.6) is 5.75 Å². The number of hydrogen-bond acceptors (Lipinski definition) is 8. The van der Waals surface area contributed by atoms with Crippen molar-refractivity contribution in [3.05, 3.63) is 58.7 Å². The molecule has 6 atom stereocenters. The predicted octanol–water partition coefficient (Wildman–Crippen LogP) is 1.88. The maximum atomic E-state index is 14.7. The van der Waals surface area contributed by atoms with Gasteiger partial charge < -0.3 is 30.5 Å². The smallest absolute Gasteiger partial charge is 0.329 e. The molecule has 3 amide bonds. The number of cyclic esters (lactones) is 1. The van der Waals surface area contributed by atoms with Gasteiger partial charge in [-0.3, -0.25) is 14.4 Å². The molecule has 2 fully saturated rings. The minimum atomic E-state index is -2.42. The fraction of sp³-hybridized carbons (Fsp3) is 0.483. The van der Waals surface area contributed by atoms with E-state index in [9.17, 15) is 51.3 Å². The van der Waals surface area contributed by atoms with Gasteiger partial charge in [0.1, 0.15) is 23.9 Å². The van der Waals surface area contributed by atoms with E-state index in [0.29, 0.717) is 12.8 Å². The highest BCUT2D eigenvalue weighted by atomic mass is 19.2. The van der Waals surface area contributed by atoms with Crippen LogP contribution in [0.3, 0.4) is 0 Å². The number of carbonyl (C=O) groups is 4. The van der Waals surface area contributed by atoms with Crippen LogP contribution in [0.15, 0.2) is 18.3 Å². The summed E-state index contributed by atoms with van der Waals surface area (Å²) in [6, 6.07) is -2.38. The summed E-state index contributed by atoms with van der Waals surface area (Å²) >= 11 is 0. The zero-order valence-electron chi connectivity index (χ0n) is 24.3. The third-order valence-corrected chi connectivity index (χ3v) is 8.31. The number of esters is 1. The molecule has 2 aromatic rings. The van der Waals surface area contributed by atoms with E-state index in [1.807, 2.05) is 0 Å². The van der Waals surface area contributed by atoms with E-state index in [-0.39, 0.29) is 5.92 Å². The highest BCUT2D eigenvalue weighted by Crippen LogP contribution is 2.34. The second kappa shape index (κ2) is 13.3. The Labute approximate surface area is 253 Å². The van der Waals surface area contributed by atoms with Crippen molar-refractivity contribution in [3.63, 3.8) is 0 Å². The lowest BCUT2D eigenvalue weighted by molar-refractivity contribution is -0.166. The van der Waals surface area contributed by atoms with E-state index in [1.165, 1.54) is 33.2 Å². The molecule has 0 radical (unpaired) electrons. The zero-order valence-corrected chi connectivity index (χ0v) is 24.3. The van der Waals surface area contributed by atoms with Crippen LogP contribution in [0, 0.1) is 40.9 Å². The summed E-state index contributed by atoms with van der Waals surface area (Å²) in [5.74, 6) is -17.8. The maximum absolute atomic E-state index is 14.7. The summed E-state index contributed by atoms with van der Waals surface area (Å²) in [4.78, 5) is 58.3. The number of rotatable bonds is 5. The van der Waals surface area contributed by atoms with Crippen molar-refractivity contribution >= 4 is 23.7 Å². The average molecular weight is 643 g/mol. The van der Waals surface area contributed by atoms with Gasteiger partial charge in [-0.2, -0.15) is 0 Å². The van der Waals surface area contributed by atoms with E-state index < -0.39 is 112 Å². The normalized spacial score (nSPS) is 26.7. The van der Waals surface area contributed by atoms with Gasteiger partial charge in [-0.05, 0) is 37.8 Å². The molecule has 11 nitrogen and oxygen atoms in total. The number of benzene rings is 1. The number of amides is 3. The highest BCUT2D eigenvalue weighted by molar-refractivity contribution is 5.98. The quantitative estimate of drug-likeness (QED) is 0.167.